The Morgan fingerprint density at radius 2 is 1.96 bits per heavy atom. The van der Waals surface area contributed by atoms with E-state index in [1.165, 1.54) is 10.4 Å². The van der Waals surface area contributed by atoms with E-state index in [0.717, 1.165) is 21.8 Å². The van der Waals surface area contributed by atoms with Gasteiger partial charge in [-0.25, -0.2) is 0 Å². The van der Waals surface area contributed by atoms with Crippen LogP contribution >= 0.6 is 39.5 Å². The molecule has 6 heteroatoms. The van der Waals surface area contributed by atoms with E-state index in [1.807, 2.05) is 24.4 Å². The largest absolute Gasteiger partial charge is 0.352 e. The highest BCUT2D eigenvalue weighted by Gasteiger charge is 2.40. The number of rotatable bonds is 4. The molecular weight excluding hydrogens is 414 g/mol. The van der Waals surface area contributed by atoms with Crippen molar-refractivity contribution in [2.45, 2.75) is 18.6 Å². The van der Waals surface area contributed by atoms with Crippen LogP contribution in [-0.2, 0) is 6.54 Å². The Bertz CT molecular complexity index is 867. The van der Waals surface area contributed by atoms with Gasteiger partial charge in [0.1, 0.15) is 0 Å². The van der Waals surface area contributed by atoms with Crippen LogP contribution in [0.3, 0.4) is 0 Å². The average Bonchev–Trinajstić information content (AvgIpc) is 3.20. The highest BCUT2D eigenvalue weighted by molar-refractivity contribution is 9.10. The summed E-state index contributed by atoms with van der Waals surface area (Å²) in [5, 5.41) is 6.37. The fraction of sp³-hybridized carbons (Fsp3) is 0.158. The number of halogens is 1. The van der Waals surface area contributed by atoms with Gasteiger partial charge >= 0.3 is 0 Å². The Labute approximate surface area is 164 Å². The Hall–Kier alpha value is -1.76. The first-order valence-corrected chi connectivity index (χ1v) is 10.1. The monoisotopic (exact) mass is 429 g/mol. The average molecular weight is 430 g/mol. The van der Waals surface area contributed by atoms with Crippen molar-refractivity contribution in [3.63, 3.8) is 0 Å². The number of hydrogen-bond donors (Lipinski definition) is 1. The Morgan fingerprint density at radius 1 is 1.16 bits per heavy atom. The Balaban J connectivity index is 1.72. The summed E-state index contributed by atoms with van der Waals surface area (Å²) >= 11 is 11.0. The van der Waals surface area contributed by atoms with Gasteiger partial charge in [-0.05, 0) is 51.9 Å². The zero-order valence-corrected chi connectivity index (χ0v) is 16.5. The molecule has 4 rings (SSSR count). The third kappa shape index (κ3) is 3.47. The minimum Gasteiger partial charge on any atom is -0.352 e. The molecule has 0 bridgehead atoms. The SMILES string of the molecule is S=C1N[C@@H](c2ccccn2)[C@@H](c2cc(Br)cs2)N1Cc1ccccc1. The van der Waals surface area contributed by atoms with Crippen LogP contribution in [0.1, 0.15) is 28.2 Å². The summed E-state index contributed by atoms with van der Waals surface area (Å²) in [5.41, 5.74) is 2.25. The standard InChI is InChI=1S/C19H16BrN3S2/c20-14-10-16(25-12-14)18-17(15-8-4-5-9-21-15)22-19(24)23(18)11-13-6-2-1-3-7-13/h1-10,12,17-18H,11H2,(H,22,24)/t17-,18+/m0/s1. The maximum atomic E-state index is 5.68. The third-order valence-corrected chi connectivity index (χ3v) is 6.39. The predicted octanol–water partition coefficient (Wildman–Crippen LogP) is 5.08. The van der Waals surface area contributed by atoms with E-state index < -0.39 is 0 Å². The first-order chi connectivity index (χ1) is 12.2. The van der Waals surface area contributed by atoms with Crippen molar-refractivity contribution >= 4 is 44.6 Å². The first kappa shape index (κ1) is 16.7. The molecule has 126 valence electrons. The number of nitrogens with one attached hydrogen (secondary N) is 1. The van der Waals surface area contributed by atoms with Crippen molar-refractivity contribution in [3.8, 4) is 0 Å². The summed E-state index contributed by atoms with van der Waals surface area (Å²) in [6, 6.07) is 18.8. The lowest BCUT2D eigenvalue weighted by Gasteiger charge is -2.26. The Morgan fingerprint density at radius 3 is 2.64 bits per heavy atom. The van der Waals surface area contributed by atoms with Gasteiger partial charge in [0.05, 0.1) is 17.8 Å². The second-order valence-corrected chi connectivity index (χ2v) is 8.15. The molecule has 1 aromatic carbocycles. The lowest BCUT2D eigenvalue weighted by molar-refractivity contribution is 0.315. The van der Waals surface area contributed by atoms with E-state index in [9.17, 15) is 0 Å². The second-order valence-electron chi connectivity index (χ2n) is 5.91. The van der Waals surface area contributed by atoms with E-state index in [-0.39, 0.29) is 12.1 Å². The van der Waals surface area contributed by atoms with Gasteiger partial charge in [0.15, 0.2) is 5.11 Å². The summed E-state index contributed by atoms with van der Waals surface area (Å²) < 4.78 is 1.10. The molecule has 2 atom stereocenters. The van der Waals surface area contributed by atoms with Crippen molar-refractivity contribution in [1.29, 1.82) is 0 Å². The van der Waals surface area contributed by atoms with Crippen LogP contribution in [0.2, 0.25) is 0 Å². The zero-order valence-electron chi connectivity index (χ0n) is 13.3. The molecular formula is C19H16BrN3S2. The highest BCUT2D eigenvalue weighted by Crippen LogP contribution is 2.42. The molecule has 1 fully saturated rings. The van der Waals surface area contributed by atoms with Crippen molar-refractivity contribution in [3.05, 3.63) is 86.8 Å². The fourth-order valence-corrected chi connectivity index (χ4v) is 5.05. The maximum absolute atomic E-state index is 5.68. The van der Waals surface area contributed by atoms with Gasteiger partial charge in [0.25, 0.3) is 0 Å². The number of nitrogens with zero attached hydrogens (tertiary/aromatic N) is 2. The molecule has 25 heavy (non-hydrogen) atoms. The van der Waals surface area contributed by atoms with Crippen molar-refractivity contribution in [1.82, 2.24) is 15.2 Å². The summed E-state index contributed by atoms with van der Waals surface area (Å²) in [6.45, 7) is 0.774. The van der Waals surface area contributed by atoms with Gasteiger partial charge in [-0.2, -0.15) is 0 Å². The summed E-state index contributed by atoms with van der Waals surface area (Å²) in [6.07, 6.45) is 1.83. The highest BCUT2D eigenvalue weighted by atomic mass is 79.9. The summed E-state index contributed by atoms with van der Waals surface area (Å²) in [4.78, 5) is 8.10. The number of thiocarbonyl (C=S) groups is 1. The number of hydrogen-bond acceptors (Lipinski definition) is 3. The van der Waals surface area contributed by atoms with Gasteiger partial charge in [-0.15, -0.1) is 11.3 Å². The molecule has 0 saturated carbocycles. The first-order valence-electron chi connectivity index (χ1n) is 7.98. The number of aromatic nitrogens is 1. The van der Waals surface area contributed by atoms with Crippen LogP contribution in [0, 0.1) is 0 Å². The molecule has 1 saturated heterocycles. The third-order valence-electron chi connectivity index (χ3n) is 4.27. The predicted molar refractivity (Wildman–Crippen MR) is 109 cm³/mol. The lowest BCUT2D eigenvalue weighted by atomic mass is 10.0. The van der Waals surface area contributed by atoms with Crippen LogP contribution in [0.5, 0.6) is 0 Å². The molecule has 0 radical (unpaired) electrons. The second kappa shape index (κ2) is 7.23. The minimum atomic E-state index is 0.0444. The lowest BCUT2D eigenvalue weighted by Crippen LogP contribution is -2.28. The van der Waals surface area contributed by atoms with Crippen LogP contribution in [-0.4, -0.2) is 15.0 Å². The minimum absolute atomic E-state index is 0.0444. The Kier molecular flexibility index (Phi) is 4.83. The topological polar surface area (TPSA) is 28.2 Å². The quantitative estimate of drug-likeness (QED) is 0.585. The van der Waals surface area contributed by atoms with Gasteiger partial charge in [-0.1, -0.05) is 36.4 Å². The molecule has 0 amide bonds. The zero-order chi connectivity index (χ0) is 17.2. The van der Waals surface area contributed by atoms with E-state index >= 15 is 0 Å². The molecule has 1 N–H and O–H groups in total. The van der Waals surface area contributed by atoms with E-state index in [2.05, 4.69) is 72.9 Å². The molecule has 0 spiro atoms. The smallest absolute Gasteiger partial charge is 0.170 e. The number of thiophene rings is 1. The molecule has 3 nitrogen and oxygen atoms in total. The molecule has 2 aromatic heterocycles. The van der Waals surface area contributed by atoms with Crippen molar-refractivity contribution in [2.24, 2.45) is 0 Å². The molecule has 1 aliphatic heterocycles. The molecule has 1 aliphatic rings. The molecule has 3 aromatic rings. The molecule has 0 aliphatic carbocycles. The number of pyridine rings is 1. The van der Waals surface area contributed by atoms with Gasteiger partial charge in [0.2, 0.25) is 0 Å². The van der Waals surface area contributed by atoms with Crippen LogP contribution < -0.4 is 5.32 Å². The fourth-order valence-electron chi connectivity index (χ4n) is 3.15. The normalized spacial score (nSPS) is 19.9. The van der Waals surface area contributed by atoms with Gasteiger partial charge in [0, 0.05) is 27.5 Å². The molecule has 3 heterocycles. The van der Waals surface area contributed by atoms with E-state index in [1.54, 1.807) is 11.3 Å². The molecule has 0 unspecified atom stereocenters. The van der Waals surface area contributed by atoms with Crippen LogP contribution in [0.25, 0.3) is 0 Å². The van der Waals surface area contributed by atoms with E-state index in [4.69, 9.17) is 12.2 Å². The van der Waals surface area contributed by atoms with Crippen molar-refractivity contribution < 1.29 is 0 Å². The maximum Gasteiger partial charge on any atom is 0.170 e. The van der Waals surface area contributed by atoms with Gasteiger partial charge < -0.3 is 10.2 Å². The summed E-state index contributed by atoms with van der Waals surface area (Å²) in [5.74, 6) is 0. The van der Waals surface area contributed by atoms with E-state index in [0.29, 0.717) is 0 Å². The van der Waals surface area contributed by atoms with Crippen LogP contribution in [0.4, 0.5) is 0 Å². The summed E-state index contributed by atoms with van der Waals surface area (Å²) in [7, 11) is 0. The van der Waals surface area contributed by atoms with Gasteiger partial charge in [-0.3, -0.25) is 4.98 Å². The number of benzene rings is 1. The van der Waals surface area contributed by atoms with Crippen LogP contribution in [0.15, 0.2) is 70.6 Å². The van der Waals surface area contributed by atoms with Crippen molar-refractivity contribution in [2.75, 3.05) is 0 Å².